The number of esters is 1. The molecule has 0 bridgehead atoms. The first-order valence-electron chi connectivity index (χ1n) is 5.20. The summed E-state index contributed by atoms with van der Waals surface area (Å²) in [5, 5.41) is 8.71. The first-order valence-corrected chi connectivity index (χ1v) is 5.20. The van der Waals surface area contributed by atoms with Gasteiger partial charge in [0.1, 0.15) is 0 Å². The Kier molecular flexibility index (Phi) is 4.55. The molecule has 0 spiro atoms. The van der Waals surface area contributed by atoms with Crippen molar-refractivity contribution in [2.45, 2.75) is 31.7 Å². The van der Waals surface area contributed by atoms with Crippen molar-refractivity contribution in [3.8, 4) is 0 Å². The minimum absolute atomic E-state index is 0.0255. The second-order valence-corrected chi connectivity index (χ2v) is 3.65. The molecule has 5 heteroatoms. The van der Waals surface area contributed by atoms with E-state index in [1.165, 1.54) is 12.0 Å². The Morgan fingerprint density at radius 3 is 2.53 bits per heavy atom. The third kappa shape index (κ3) is 2.92. The van der Waals surface area contributed by atoms with E-state index in [4.69, 9.17) is 5.11 Å². The highest BCUT2D eigenvalue weighted by Gasteiger charge is 2.32. The molecular formula is C10H17NO4. The van der Waals surface area contributed by atoms with Gasteiger partial charge in [0.2, 0.25) is 0 Å². The Morgan fingerprint density at radius 1 is 1.47 bits per heavy atom. The molecule has 1 fully saturated rings. The summed E-state index contributed by atoms with van der Waals surface area (Å²) in [7, 11) is 1.20. The maximum Gasteiger partial charge on any atom is 0.396 e. The minimum Gasteiger partial charge on any atom is -0.462 e. The molecule has 1 aliphatic rings. The Bertz CT molecular complexity index is 238. The molecule has 1 rings (SSSR count). The summed E-state index contributed by atoms with van der Waals surface area (Å²) >= 11 is 0. The Hall–Kier alpha value is -1.10. The van der Waals surface area contributed by atoms with Gasteiger partial charge in [0, 0.05) is 19.2 Å². The third-order valence-electron chi connectivity index (χ3n) is 2.69. The molecule has 0 saturated heterocycles. The van der Waals surface area contributed by atoms with Gasteiger partial charge >= 0.3 is 11.9 Å². The molecule has 0 radical (unpaired) electrons. The van der Waals surface area contributed by atoms with Crippen molar-refractivity contribution in [1.29, 1.82) is 0 Å². The van der Waals surface area contributed by atoms with Crippen LogP contribution < -0.4 is 0 Å². The second kappa shape index (κ2) is 5.70. The molecule has 5 nitrogen and oxygen atoms in total. The number of carbonyl (C=O) groups is 2. The third-order valence-corrected chi connectivity index (χ3v) is 2.69. The predicted molar refractivity (Wildman–Crippen MR) is 53.1 cm³/mol. The van der Waals surface area contributed by atoms with Gasteiger partial charge in [0.15, 0.2) is 0 Å². The fourth-order valence-corrected chi connectivity index (χ4v) is 1.59. The highest BCUT2D eigenvalue weighted by molar-refractivity contribution is 6.32. The Labute approximate surface area is 89.0 Å². The van der Waals surface area contributed by atoms with E-state index in [-0.39, 0.29) is 12.6 Å². The van der Waals surface area contributed by atoms with Gasteiger partial charge in [-0.3, -0.25) is 4.79 Å². The number of rotatable bonds is 4. The lowest BCUT2D eigenvalue weighted by Crippen LogP contribution is -2.48. The fraction of sp³-hybridized carbons (Fsp3) is 0.800. The van der Waals surface area contributed by atoms with Crippen LogP contribution in [-0.2, 0) is 14.3 Å². The van der Waals surface area contributed by atoms with E-state index in [1.807, 2.05) is 0 Å². The number of aliphatic hydroxyl groups excluding tert-OH is 1. The maximum atomic E-state index is 11.6. The lowest BCUT2D eigenvalue weighted by atomic mass is 9.91. The van der Waals surface area contributed by atoms with Crippen LogP contribution in [0, 0.1) is 0 Å². The summed E-state index contributed by atoms with van der Waals surface area (Å²) in [5.74, 6) is -1.41. The van der Waals surface area contributed by atoms with Gasteiger partial charge < -0.3 is 14.7 Å². The van der Waals surface area contributed by atoms with Crippen molar-refractivity contribution in [3.05, 3.63) is 0 Å². The standard InChI is InChI=1S/C10H17NO4/c1-15-10(14)9(13)11(6-3-7-12)8-4-2-5-8/h8,12H,2-7H2,1H3. The van der Waals surface area contributed by atoms with E-state index in [0.29, 0.717) is 13.0 Å². The van der Waals surface area contributed by atoms with Crippen LogP contribution in [0.4, 0.5) is 0 Å². The average Bonchev–Trinajstić information content (AvgIpc) is 2.19. The van der Waals surface area contributed by atoms with E-state index >= 15 is 0 Å². The summed E-state index contributed by atoms with van der Waals surface area (Å²) in [6, 6.07) is 0.156. The zero-order chi connectivity index (χ0) is 11.3. The largest absolute Gasteiger partial charge is 0.462 e. The lowest BCUT2D eigenvalue weighted by Gasteiger charge is -2.36. The van der Waals surface area contributed by atoms with Crippen LogP contribution in [0.5, 0.6) is 0 Å². The summed E-state index contributed by atoms with van der Waals surface area (Å²) in [6.07, 6.45) is 3.47. The van der Waals surface area contributed by atoms with E-state index in [0.717, 1.165) is 19.3 Å². The number of hydrogen-bond donors (Lipinski definition) is 1. The molecular weight excluding hydrogens is 198 g/mol. The van der Waals surface area contributed by atoms with Crippen molar-refractivity contribution in [1.82, 2.24) is 4.90 Å². The van der Waals surface area contributed by atoms with Gasteiger partial charge in [-0.25, -0.2) is 4.79 Å². The molecule has 0 atom stereocenters. The quantitative estimate of drug-likeness (QED) is 0.526. The van der Waals surface area contributed by atoms with E-state index in [1.54, 1.807) is 0 Å². The van der Waals surface area contributed by atoms with Crippen LogP contribution in [0.2, 0.25) is 0 Å². The van der Waals surface area contributed by atoms with Crippen molar-refractivity contribution in [3.63, 3.8) is 0 Å². The number of aliphatic hydroxyl groups is 1. The number of nitrogens with zero attached hydrogens (tertiary/aromatic N) is 1. The van der Waals surface area contributed by atoms with Gasteiger partial charge in [0.05, 0.1) is 7.11 Å². The SMILES string of the molecule is COC(=O)C(=O)N(CCCO)C1CCC1. The van der Waals surface area contributed by atoms with E-state index in [2.05, 4.69) is 4.74 Å². The van der Waals surface area contributed by atoms with Crippen LogP contribution in [0.15, 0.2) is 0 Å². The van der Waals surface area contributed by atoms with Crippen molar-refractivity contribution in [2.24, 2.45) is 0 Å². The van der Waals surface area contributed by atoms with Crippen LogP contribution >= 0.6 is 0 Å². The minimum atomic E-state index is -0.820. The summed E-state index contributed by atoms with van der Waals surface area (Å²) in [6.45, 7) is 0.451. The second-order valence-electron chi connectivity index (χ2n) is 3.65. The molecule has 0 aromatic heterocycles. The average molecular weight is 215 g/mol. The lowest BCUT2D eigenvalue weighted by molar-refractivity contribution is -0.160. The molecule has 86 valence electrons. The van der Waals surface area contributed by atoms with Crippen molar-refractivity contribution < 1.29 is 19.4 Å². The zero-order valence-corrected chi connectivity index (χ0v) is 8.94. The molecule has 0 aromatic carbocycles. The summed E-state index contributed by atoms with van der Waals surface area (Å²) in [4.78, 5) is 24.2. The molecule has 0 aromatic rings. The maximum absolute atomic E-state index is 11.6. The monoisotopic (exact) mass is 215 g/mol. The van der Waals surface area contributed by atoms with E-state index < -0.39 is 11.9 Å². The number of amides is 1. The Balaban J connectivity index is 2.53. The molecule has 0 unspecified atom stereocenters. The zero-order valence-electron chi connectivity index (χ0n) is 8.94. The first kappa shape index (κ1) is 12.0. The van der Waals surface area contributed by atoms with Crippen molar-refractivity contribution >= 4 is 11.9 Å². The predicted octanol–water partition coefficient (Wildman–Crippen LogP) is -0.0771. The Morgan fingerprint density at radius 2 is 2.13 bits per heavy atom. The number of methoxy groups -OCH3 is 1. The molecule has 1 amide bonds. The van der Waals surface area contributed by atoms with E-state index in [9.17, 15) is 9.59 Å². The van der Waals surface area contributed by atoms with Crippen LogP contribution in [0.1, 0.15) is 25.7 Å². The molecule has 1 N–H and O–H groups in total. The number of ether oxygens (including phenoxy) is 1. The highest BCUT2D eigenvalue weighted by atomic mass is 16.5. The topological polar surface area (TPSA) is 66.8 Å². The van der Waals surface area contributed by atoms with Crippen LogP contribution in [0.3, 0.4) is 0 Å². The van der Waals surface area contributed by atoms with Crippen molar-refractivity contribution in [2.75, 3.05) is 20.3 Å². The van der Waals surface area contributed by atoms with Gasteiger partial charge in [0.25, 0.3) is 0 Å². The van der Waals surface area contributed by atoms with Crippen LogP contribution in [0.25, 0.3) is 0 Å². The number of carbonyl (C=O) groups excluding carboxylic acids is 2. The molecule has 1 aliphatic carbocycles. The van der Waals surface area contributed by atoms with Gasteiger partial charge in [-0.1, -0.05) is 0 Å². The smallest absolute Gasteiger partial charge is 0.396 e. The molecule has 1 saturated carbocycles. The van der Waals surface area contributed by atoms with Gasteiger partial charge in [-0.2, -0.15) is 0 Å². The first-order chi connectivity index (χ1) is 7.20. The molecule has 0 aliphatic heterocycles. The molecule has 0 heterocycles. The summed E-state index contributed by atoms with van der Waals surface area (Å²) < 4.78 is 4.40. The fourth-order valence-electron chi connectivity index (χ4n) is 1.59. The van der Waals surface area contributed by atoms with Gasteiger partial charge in [-0.05, 0) is 25.7 Å². The highest BCUT2D eigenvalue weighted by Crippen LogP contribution is 2.25. The normalized spacial score (nSPS) is 15.6. The molecule has 15 heavy (non-hydrogen) atoms. The number of hydrogen-bond acceptors (Lipinski definition) is 4. The summed E-state index contributed by atoms with van der Waals surface area (Å²) in [5.41, 5.74) is 0. The van der Waals surface area contributed by atoms with Gasteiger partial charge in [-0.15, -0.1) is 0 Å². The van der Waals surface area contributed by atoms with Crippen LogP contribution in [-0.4, -0.2) is 48.2 Å².